The molecule has 0 saturated carbocycles. The minimum atomic E-state index is -0.0912. The van der Waals surface area contributed by atoms with Crippen molar-refractivity contribution in [2.24, 2.45) is 7.05 Å². The minimum Gasteiger partial charge on any atom is -0.285 e. The SMILES string of the molecule is CCc1cc(C(=O)c2cnnn2C)n(CC)n1. The van der Waals surface area contributed by atoms with Gasteiger partial charge in [-0.05, 0) is 19.4 Å². The van der Waals surface area contributed by atoms with Gasteiger partial charge in [0.25, 0.3) is 0 Å². The Balaban J connectivity index is 2.43. The molecule has 0 aliphatic heterocycles. The van der Waals surface area contributed by atoms with Gasteiger partial charge in [-0.3, -0.25) is 9.48 Å². The van der Waals surface area contributed by atoms with E-state index in [2.05, 4.69) is 15.4 Å². The summed E-state index contributed by atoms with van der Waals surface area (Å²) < 4.78 is 3.19. The van der Waals surface area contributed by atoms with Crippen molar-refractivity contribution in [2.45, 2.75) is 26.8 Å². The first-order valence-corrected chi connectivity index (χ1v) is 5.63. The van der Waals surface area contributed by atoms with E-state index in [0.29, 0.717) is 17.9 Å². The molecule has 2 rings (SSSR count). The van der Waals surface area contributed by atoms with Crippen LogP contribution in [0, 0.1) is 0 Å². The third kappa shape index (κ3) is 1.98. The summed E-state index contributed by atoms with van der Waals surface area (Å²) in [5, 5.41) is 11.8. The molecule has 0 saturated heterocycles. The highest BCUT2D eigenvalue weighted by atomic mass is 16.1. The van der Waals surface area contributed by atoms with E-state index in [-0.39, 0.29) is 5.78 Å². The summed E-state index contributed by atoms with van der Waals surface area (Å²) in [5.74, 6) is -0.0912. The second-order valence-corrected chi connectivity index (χ2v) is 3.76. The topological polar surface area (TPSA) is 65.6 Å². The van der Waals surface area contributed by atoms with Crippen LogP contribution in [-0.4, -0.2) is 30.6 Å². The van der Waals surface area contributed by atoms with E-state index in [0.717, 1.165) is 12.1 Å². The van der Waals surface area contributed by atoms with Crippen LogP contribution in [0.1, 0.15) is 35.7 Å². The van der Waals surface area contributed by atoms with Gasteiger partial charge in [-0.25, -0.2) is 4.68 Å². The molecule has 0 fully saturated rings. The van der Waals surface area contributed by atoms with Crippen molar-refractivity contribution in [3.63, 3.8) is 0 Å². The van der Waals surface area contributed by atoms with Gasteiger partial charge < -0.3 is 0 Å². The van der Waals surface area contributed by atoms with Gasteiger partial charge in [0.2, 0.25) is 5.78 Å². The maximum absolute atomic E-state index is 12.3. The van der Waals surface area contributed by atoms with Crippen LogP contribution in [0.3, 0.4) is 0 Å². The quantitative estimate of drug-likeness (QED) is 0.733. The Labute approximate surface area is 99.2 Å². The van der Waals surface area contributed by atoms with Crippen molar-refractivity contribution in [1.82, 2.24) is 24.8 Å². The number of aryl methyl sites for hydroxylation is 3. The lowest BCUT2D eigenvalue weighted by atomic mass is 10.2. The van der Waals surface area contributed by atoms with Crippen molar-refractivity contribution < 1.29 is 4.79 Å². The highest BCUT2D eigenvalue weighted by molar-refractivity contribution is 6.06. The Morgan fingerprint density at radius 2 is 2.12 bits per heavy atom. The zero-order valence-corrected chi connectivity index (χ0v) is 10.2. The van der Waals surface area contributed by atoms with Crippen LogP contribution in [0.4, 0.5) is 0 Å². The van der Waals surface area contributed by atoms with Gasteiger partial charge in [0.1, 0.15) is 11.4 Å². The largest absolute Gasteiger partial charge is 0.285 e. The number of aromatic nitrogens is 5. The van der Waals surface area contributed by atoms with Crippen molar-refractivity contribution >= 4 is 5.78 Å². The number of carbonyl (C=O) groups excluding carboxylic acids is 1. The number of hydrogen-bond donors (Lipinski definition) is 0. The van der Waals surface area contributed by atoms with E-state index in [1.54, 1.807) is 11.7 Å². The van der Waals surface area contributed by atoms with Gasteiger partial charge in [0.15, 0.2) is 0 Å². The monoisotopic (exact) mass is 233 g/mol. The first-order valence-electron chi connectivity index (χ1n) is 5.63. The first kappa shape index (κ1) is 11.5. The van der Waals surface area contributed by atoms with Crippen molar-refractivity contribution in [1.29, 1.82) is 0 Å². The van der Waals surface area contributed by atoms with Gasteiger partial charge in [0, 0.05) is 13.6 Å². The van der Waals surface area contributed by atoms with E-state index >= 15 is 0 Å². The molecule has 6 heteroatoms. The van der Waals surface area contributed by atoms with E-state index in [1.807, 2.05) is 19.9 Å². The van der Waals surface area contributed by atoms with Crippen LogP contribution in [0.2, 0.25) is 0 Å². The summed E-state index contributed by atoms with van der Waals surface area (Å²) in [6.45, 7) is 4.65. The number of hydrogen-bond acceptors (Lipinski definition) is 4. The Hall–Kier alpha value is -1.98. The van der Waals surface area contributed by atoms with Gasteiger partial charge in [-0.1, -0.05) is 12.1 Å². The molecule has 2 heterocycles. The first-order chi connectivity index (χ1) is 8.17. The van der Waals surface area contributed by atoms with Crippen molar-refractivity contribution in [3.8, 4) is 0 Å². The fourth-order valence-electron chi connectivity index (χ4n) is 1.69. The standard InChI is InChI=1S/C11H15N5O/c1-4-8-6-9(16(5-2)13-8)11(17)10-7-12-14-15(10)3/h6-7H,4-5H2,1-3H3. The highest BCUT2D eigenvalue weighted by Crippen LogP contribution is 2.11. The lowest BCUT2D eigenvalue weighted by Gasteiger charge is -2.02. The fourth-order valence-corrected chi connectivity index (χ4v) is 1.69. The fraction of sp³-hybridized carbons (Fsp3) is 0.455. The Morgan fingerprint density at radius 3 is 2.65 bits per heavy atom. The lowest BCUT2D eigenvalue weighted by molar-refractivity contribution is 0.102. The normalized spacial score (nSPS) is 10.8. The summed E-state index contributed by atoms with van der Waals surface area (Å²) in [4.78, 5) is 12.3. The summed E-state index contributed by atoms with van der Waals surface area (Å²) in [5.41, 5.74) is 1.99. The summed E-state index contributed by atoms with van der Waals surface area (Å²) in [7, 11) is 1.70. The highest BCUT2D eigenvalue weighted by Gasteiger charge is 2.19. The molecule has 0 radical (unpaired) electrons. The summed E-state index contributed by atoms with van der Waals surface area (Å²) in [6, 6.07) is 1.83. The van der Waals surface area contributed by atoms with Crippen LogP contribution < -0.4 is 0 Å². The van der Waals surface area contributed by atoms with Crippen LogP contribution in [-0.2, 0) is 20.0 Å². The summed E-state index contributed by atoms with van der Waals surface area (Å²) >= 11 is 0. The van der Waals surface area contributed by atoms with E-state index in [9.17, 15) is 4.79 Å². The second kappa shape index (κ2) is 4.48. The molecule has 0 unspecified atom stereocenters. The number of ketones is 1. The Morgan fingerprint density at radius 1 is 1.35 bits per heavy atom. The molecule has 0 aliphatic rings. The molecule has 0 N–H and O–H groups in total. The van der Waals surface area contributed by atoms with Crippen LogP contribution in [0.5, 0.6) is 0 Å². The molecular weight excluding hydrogens is 218 g/mol. The predicted molar refractivity (Wildman–Crippen MR) is 61.7 cm³/mol. The maximum Gasteiger partial charge on any atom is 0.230 e. The zero-order valence-electron chi connectivity index (χ0n) is 10.2. The van der Waals surface area contributed by atoms with Crippen molar-refractivity contribution in [2.75, 3.05) is 0 Å². The van der Waals surface area contributed by atoms with Gasteiger partial charge in [0.05, 0.1) is 11.9 Å². The second-order valence-electron chi connectivity index (χ2n) is 3.76. The smallest absolute Gasteiger partial charge is 0.230 e. The molecule has 2 aromatic heterocycles. The van der Waals surface area contributed by atoms with E-state index in [4.69, 9.17) is 0 Å². The van der Waals surface area contributed by atoms with Crippen LogP contribution >= 0.6 is 0 Å². The van der Waals surface area contributed by atoms with Gasteiger partial charge in [-0.2, -0.15) is 5.10 Å². The zero-order chi connectivity index (χ0) is 12.4. The number of nitrogens with zero attached hydrogens (tertiary/aromatic N) is 5. The molecule has 0 spiro atoms. The third-order valence-electron chi connectivity index (χ3n) is 2.67. The Kier molecular flexibility index (Phi) is 3.03. The molecule has 17 heavy (non-hydrogen) atoms. The van der Waals surface area contributed by atoms with Gasteiger partial charge in [-0.15, -0.1) is 5.10 Å². The molecule has 2 aromatic rings. The van der Waals surface area contributed by atoms with E-state index in [1.165, 1.54) is 10.9 Å². The van der Waals surface area contributed by atoms with E-state index < -0.39 is 0 Å². The lowest BCUT2D eigenvalue weighted by Crippen LogP contribution is -2.13. The average molecular weight is 233 g/mol. The summed E-state index contributed by atoms with van der Waals surface area (Å²) in [6.07, 6.45) is 2.29. The van der Waals surface area contributed by atoms with Crippen molar-refractivity contribution in [3.05, 3.63) is 29.3 Å². The Bertz CT molecular complexity index is 540. The molecule has 0 atom stereocenters. The molecule has 0 amide bonds. The molecule has 6 nitrogen and oxygen atoms in total. The molecule has 0 aromatic carbocycles. The average Bonchev–Trinajstić information content (AvgIpc) is 2.93. The number of rotatable bonds is 4. The maximum atomic E-state index is 12.3. The van der Waals surface area contributed by atoms with Crippen LogP contribution in [0.25, 0.3) is 0 Å². The molecule has 0 aliphatic carbocycles. The molecule has 0 bridgehead atoms. The molecule has 90 valence electrons. The predicted octanol–water partition coefficient (Wildman–Crippen LogP) is 0.825. The number of carbonyl (C=O) groups is 1. The molecular formula is C11H15N5O. The third-order valence-corrected chi connectivity index (χ3v) is 2.67. The van der Waals surface area contributed by atoms with Gasteiger partial charge >= 0.3 is 0 Å². The van der Waals surface area contributed by atoms with Crippen LogP contribution in [0.15, 0.2) is 12.3 Å². The minimum absolute atomic E-state index is 0.0912.